The number of likely N-dealkylation sites (tertiary alicyclic amines) is 1. The molecule has 0 saturated carbocycles. The number of thiocarbonyl (C=S) groups is 1. The van der Waals surface area contributed by atoms with Gasteiger partial charge in [0.1, 0.15) is 30.9 Å². The third-order valence-corrected chi connectivity index (χ3v) is 11.6. The molecule has 2 amide bonds. The van der Waals surface area contributed by atoms with Gasteiger partial charge in [0, 0.05) is 74.3 Å². The van der Waals surface area contributed by atoms with Gasteiger partial charge in [-0.15, -0.1) is 0 Å². The van der Waals surface area contributed by atoms with Crippen molar-refractivity contribution in [3.05, 3.63) is 47.4 Å². The molecule has 3 aromatic rings. The Morgan fingerprint density at radius 3 is 2.26 bits per heavy atom. The second-order valence-electron chi connectivity index (χ2n) is 15.5. The minimum Gasteiger partial charge on any atom is -0.467 e. The van der Waals surface area contributed by atoms with Crippen LogP contribution in [0.1, 0.15) is 46.1 Å². The van der Waals surface area contributed by atoms with Crippen molar-refractivity contribution in [3.63, 3.8) is 0 Å². The number of fused-ring (bicyclic) bond motifs is 1. The number of rotatable bonds is 14. The summed E-state index contributed by atoms with van der Waals surface area (Å²) in [6.45, 7) is 6.93. The Kier molecular flexibility index (Phi) is 16.9. The first-order valence-corrected chi connectivity index (χ1v) is 21.2. The number of likely N-dealkylation sites (N-methyl/N-ethyl adjacent to an activating group) is 3. The largest absolute Gasteiger partial charge is 0.467 e. The number of ether oxygens (including phenoxy) is 7. The Balaban J connectivity index is 1.19. The topological polar surface area (TPSA) is 234 Å². The van der Waals surface area contributed by atoms with E-state index in [1.54, 1.807) is 42.2 Å². The summed E-state index contributed by atoms with van der Waals surface area (Å²) in [4.78, 5) is 91.2. The molecule has 0 aliphatic carbocycles. The Morgan fingerprint density at radius 1 is 0.954 bits per heavy atom. The third kappa shape index (κ3) is 12.1. The predicted octanol–water partition coefficient (Wildman–Crippen LogP) is 3.08. The highest BCUT2D eigenvalue weighted by atomic mass is 35.5. The summed E-state index contributed by atoms with van der Waals surface area (Å²) in [6.07, 6.45) is -4.26. The average Bonchev–Trinajstić information content (AvgIpc) is 3.70. The third-order valence-electron chi connectivity index (χ3n) is 10.8. The van der Waals surface area contributed by atoms with E-state index in [0.717, 1.165) is 34.3 Å². The number of esters is 4. The SMILES string of the molecule is COC(=O)[C@H]1O[C@@H](Oc2ccc(COC(=S)N(C)CCN(C)C(=O)n3ccc4c(N(C)[C@H]5CN(C(=O)CC#N)CC[C@H]5C)ncnc43)cc2Cl)[C@H](OC(C)=O)[C@@H](OC(C)=O)[C@@H]1OC(C)=O. The van der Waals surface area contributed by atoms with Crippen LogP contribution in [0.25, 0.3) is 11.0 Å². The molecule has 65 heavy (non-hydrogen) atoms. The number of methoxy groups -OCH3 is 1. The fourth-order valence-corrected chi connectivity index (χ4v) is 7.84. The van der Waals surface area contributed by atoms with E-state index in [0.29, 0.717) is 42.0 Å². The first kappa shape index (κ1) is 49.7. The number of anilines is 1. The number of piperidine rings is 1. The highest BCUT2D eigenvalue weighted by molar-refractivity contribution is 7.80. The first-order valence-electron chi connectivity index (χ1n) is 20.4. The normalized spacial score (nSPS) is 21.5. The lowest BCUT2D eigenvalue weighted by molar-refractivity contribution is -0.282. The molecule has 4 heterocycles. The summed E-state index contributed by atoms with van der Waals surface area (Å²) < 4.78 is 40.0. The van der Waals surface area contributed by atoms with Crippen molar-refractivity contribution >= 4 is 81.7 Å². The minimum absolute atomic E-state index is 0.0161. The number of nitrogens with zero attached hydrogens (tertiary/aromatic N) is 8. The Hall–Kier alpha value is -6.31. The molecule has 2 saturated heterocycles. The fourth-order valence-electron chi connectivity index (χ4n) is 7.45. The first-order chi connectivity index (χ1) is 30.8. The summed E-state index contributed by atoms with van der Waals surface area (Å²) in [5, 5.41) is 9.89. The molecular weight excluding hydrogens is 892 g/mol. The van der Waals surface area contributed by atoms with Gasteiger partial charge in [0.05, 0.1) is 29.6 Å². The van der Waals surface area contributed by atoms with E-state index in [1.165, 1.54) is 27.9 Å². The van der Waals surface area contributed by atoms with Crippen LogP contribution in [0.4, 0.5) is 10.6 Å². The van der Waals surface area contributed by atoms with Gasteiger partial charge in [-0.25, -0.2) is 19.6 Å². The molecule has 2 aliphatic rings. The van der Waals surface area contributed by atoms with Gasteiger partial charge in [-0.1, -0.05) is 24.6 Å². The van der Waals surface area contributed by atoms with Crippen LogP contribution in [-0.4, -0.2) is 161 Å². The summed E-state index contributed by atoms with van der Waals surface area (Å²) in [7, 11) is 6.34. The maximum Gasteiger partial charge on any atom is 0.339 e. The second-order valence-corrected chi connectivity index (χ2v) is 16.2. The van der Waals surface area contributed by atoms with Gasteiger partial charge in [-0.3, -0.25) is 23.7 Å². The summed E-state index contributed by atoms with van der Waals surface area (Å²) in [6, 6.07) is 7.91. The van der Waals surface area contributed by atoms with Gasteiger partial charge in [0.2, 0.25) is 18.3 Å². The van der Waals surface area contributed by atoms with E-state index in [-0.39, 0.29) is 59.4 Å². The smallest absolute Gasteiger partial charge is 0.339 e. The van der Waals surface area contributed by atoms with Crippen LogP contribution in [-0.2, 0) is 59.0 Å². The molecule has 2 fully saturated rings. The Morgan fingerprint density at radius 2 is 1.62 bits per heavy atom. The van der Waals surface area contributed by atoms with E-state index in [1.807, 2.05) is 18.0 Å². The molecule has 5 rings (SSSR count). The lowest BCUT2D eigenvalue weighted by Crippen LogP contribution is -2.64. The number of amides is 2. The molecule has 23 heteroatoms. The second kappa shape index (κ2) is 22.1. The van der Waals surface area contributed by atoms with Crippen molar-refractivity contribution in [2.24, 2.45) is 5.92 Å². The maximum atomic E-state index is 13.7. The van der Waals surface area contributed by atoms with E-state index < -0.39 is 54.6 Å². The molecule has 0 radical (unpaired) electrons. The van der Waals surface area contributed by atoms with Gasteiger partial charge in [0.25, 0.3) is 5.17 Å². The molecule has 2 aromatic heterocycles. The van der Waals surface area contributed by atoms with E-state index in [4.69, 9.17) is 62.2 Å². The van der Waals surface area contributed by atoms with Crippen LogP contribution in [0, 0.1) is 17.2 Å². The number of carbonyl (C=O) groups is 6. The number of hydrogen-bond acceptors (Lipinski definition) is 18. The molecule has 2 aliphatic heterocycles. The number of benzene rings is 1. The van der Waals surface area contributed by atoms with Crippen molar-refractivity contribution in [2.45, 2.75) is 83.9 Å². The number of aromatic nitrogens is 3. The van der Waals surface area contributed by atoms with E-state index in [9.17, 15) is 28.8 Å². The van der Waals surface area contributed by atoms with Crippen molar-refractivity contribution in [3.8, 4) is 11.8 Å². The van der Waals surface area contributed by atoms with E-state index >= 15 is 0 Å². The number of carbonyl (C=O) groups excluding carboxylic acids is 6. The zero-order valence-corrected chi connectivity index (χ0v) is 38.7. The molecule has 0 spiro atoms. The number of hydrogen-bond donors (Lipinski definition) is 0. The summed E-state index contributed by atoms with van der Waals surface area (Å²) >= 11 is 12.1. The zero-order valence-electron chi connectivity index (χ0n) is 37.1. The van der Waals surface area contributed by atoms with Crippen LogP contribution in [0.15, 0.2) is 36.8 Å². The lowest BCUT2D eigenvalue weighted by Gasteiger charge is -2.43. The molecule has 1 aromatic carbocycles. The van der Waals surface area contributed by atoms with Crippen LogP contribution in [0.2, 0.25) is 5.02 Å². The maximum absolute atomic E-state index is 13.7. The monoisotopic (exact) mass is 942 g/mol. The molecule has 0 unspecified atom stereocenters. The van der Waals surface area contributed by atoms with Crippen molar-refractivity contribution in [1.82, 2.24) is 29.2 Å². The minimum atomic E-state index is -1.66. The molecule has 7 atom stereocenters. The highest BCUT2D eigenvalue weighted by Crippen LogP contribution is 2.35. The molecule has 21 nitrogen and oxygen atoms in total. The van der Waals surface area contributed by atoms with Crippen LogP contribution < -0.4 is 9.64 Å². The van der Waals surface area contributed by atoms with Gasteiger partial charge in [0.15, 0.2) is 24.0 Å². The van der Waals surface area contributed by atoms with Crippen LogP contribution >= 0.6 is 23.8 Å². The standard InChI is InChI=1S/C42H51ClN8O13S/c1-23-12-15-50(32(55)11-14-44)20-30(23)49(7)37-28-13-16-51(38(28)46-22-45-37)41(57)47(5)17-18-48(6)42(65)59-21-27-9-10-31(29(43)19-27)63-40-36(62-26(4)54)34(61-25(3)53)33(60-24(2)52)35(64-40)39(56)58-8/h9-10,13,16,19,22-23,30,33-36,40H,11-12,15,17-18,20-21H2,1-8H3/t23-,30+,33+,34+,35+,36-,40-/m1/s1. The quantitative estimate of drug-likeness (QED) is 0.128. The van der Waals surface area contributed by atoms with Gasteiger partial charge >= 0.3 is 29.9 Å². The van der Waals surface area contributed by atoms with Gasteiger partial charge in [-0.2, -0.15) is 5.26 Å². The molecule has 350 valence electrons. The Labute approximate surface area is 385 Å². The molecular formula is C42H51ClN8O13S. The van der Waals surface area contributed by atoms with Gasteiger partial charge < -0.3 is 52.8 Å². The van der Waals surface area contributed by atoms with Gasteiger partial charge in [-0.05, 0) is 48.3 Å². The molecule has 0 N–H and O–H groups in total. The lowest BCUT2D eigenvalue weighted by atomic mass is 9.92. The number of nitriles is 1. The van der Waals surface area contributed by atoms with Crippen molar-refractivity contribution in [2.75, 3.05) is 59.3 Å². The fraction of sp³-hybridized carbons (Fsp3) is 0.524. The van der Waals surface area contributed by atoms with Crippen molar-refractivity contribution < 1.29 is 61.9 Å². The zero-order chi connectivity index (χ0) is 47.7. The highest BCUT2D eigenvalue weighted by Gasteiger charge is 2.56. The van der Waals surface area contributed by atoms with Crippen LogP contribution in [0.3, 0.4) is 0 Å². The van der Waals surface area contributed by atoms with Crippen molar-refractivity contribution in [1.29, 1.82) is 5.26 Å². The predicted molar refractivity (Wildman–Crippen MR) is 233 cm³/mol. The number of halogens is 1. The van der Waals surface area contributed by atoms with E-state index in [2.05, 4.69) is 16.9 Å². The molecule has 0 bridgehead atoms. The summed E-state index contributed by atoms with van der Waals surface area (Å²) in [5.74, 6) is -2.82. The summed E-state index contributed by atoms with van der Waals surface area (Å²) in [5.41, 5.74) is 0.989. The Bertz CT molecular complexity index is 2330. The average molecular weight is 943 g/mol. The van der Waals surface area contributed by atoms with Crippen LogP contribution in [0.5, 0.6) is 5.75 Å².